The van der Waals surface area contributed by atoms with Gasteiger partial charge in [-0.15, -0.1) is 10.2 Å². The third-order valence-electron chi connectivity index (χ3n) is 3.85. The molecule has 29 heavy (non-hydrogen) atoms. The van der Waals surface area contributed by atoms with E-state index in [0.29, 0.717) is 22.6 Å². The summed E-state index contributed by atoms with van der Waals surface area (Å²) in [6.07, 6.45) is 0.329. The molecule has 1 heterocycles. The number of ether oxygens (including phenoxy) is 2. The molecule has 152 valence electrons. The van der Waals surface area contributed by atoms with Crippen LogP contribution in [0.25, 0.3) is 0 Å². The molecule has 0 bridgehead atoms. The molecular weight excluding hydrogens is 405 g/mol. The van der Waals surface area contributed by atoms with Gasteiger partial charge in [-0.3, -0.25) is 0 Å². The molecule has 0 aliphatic rings. The van der Waals surface area contributed by atoms with Gasteiger partial charge in [-0.1, -0.05) is 11.8 Å². The third kappa shape index (κ3) is 5.08. The fraction of sp³-hybridized carbons (Fsp3) is 0.211. The molecule has 1 aromatic heterocycles. The number of thioether (sulfide) groups is 1. The Bertz CT molecular complexity index is 994. The second-order valence-corrected chi connectivity index (χ2v) is 6.49. The van der Waals surface area contributed by atoms with Gasteiger partial charge in [0.25, 0.3) is 6.43 Å². The first-order chi connectivity index (χ1) is 14.0. The van der Waals surface area contributed by atoms with Crippen molar-refractivity contribution in [2.45, 2.75) is 18.2 Å². The molecule has 0 amide bonds. The highest BCUT2D eigenvalue weighted by Crippen LogP contribution is 2.24. The number of rotatable bonds is 8. The molecule has 10 heteroatoms. The zero-order valence-corrected chi connectivity index (χ0v) is 16.4. The summed E-state index contributed by atoms with van der Waals surface area (Å²) in [4.78, 5) is 0. The van der Waals surface area contributed by atoms with Crippen molar-refractivity contribution < 1.29 is 22.6 Å². The quantitative estimate of drug-likeness (QED) is 0.394. The van der Waals surface area contributed by atoms with Gasteiger partial charge in [0.1, 0.15) is 23.9 Å². The van der Waals surface area contributed by atoms with E-state index in [1.165, 1.54) is 37.6 Å². The summed E-state index contributed by atoms with van der Waals surface area (Å²) in [5.41, 5.74) is 1.35. The Morgan fingerprint density at radius 3 is 2.59 bits per heavy atom. The maximum absolute atomic E-state index is 13.1. The van der Waals surface area contributed by atoms with Crippen LogP contribution in [0.3, 0.4) is 0 Å². The number of benzene rings is 2. The van der Waals surface area contributed by atoms with Crippen LogP contribution in [0.2, 0.25) is 0 Å². The first-order valence-electron chi connectivity index (χ1n) is 8.39. The van der Waals surface area contributed by atoms with E-state index in [1.807, 2.05) is 0 Å². The molecule has 0 N–H and O–H groups in total. The average molecular weight is 422 g/mol. The standard InChI is InChI=1S/C19H17F3N4O2S/c1-27-16-8-3-12(9-13(16)11-28-15-6-4-14(20)5-7-15)10-23-26-18(17(21)22)24-25-19(26)29-2/h3-10,17H,11H2,1-2H3/b23-10+. The lowest BCUT2D eigenvalue weighted by Gasteiger charge is -2.11. The van der Waals surface area contributed by atoms with Gasteiger partial charge in [0.05, 0.1) is 13.3 Å². The zero-order chi connectivity index (χ0) is 20.8. The normalized spacial score (nSPS) is 11.4. The first kappa shape index (κ1) is 20.7. The van der Waals surface area contributed by atoms with Crippen LogP contribution in [0.15, 0.2) is 52.7 Å². The molecule has 0 saturated heterocycles. The Morgan fingerprint density at radius 1 is 1.17 bits per heavy atom. The van der Waals surface area contributed by atoms with Gasteiger partial charge in [-0.2, -0.15) is 9.78 Å². The summed E-state index contributed by atoms with van der Waals surface area (Å²) in [6.45, 7) is 0.168. The Hall–Kier alpha value is -3.01. The second-order valence-electron chi connectivity index (χ2n) is 5.72. The number of hydrogen-bond acceptors (Lipinski definition) is 6. The van der Waals surface area contributed by atoms with Crippen molar-refractivity contribution in [3.8, 4) is 11.5 Å². The second kappa shape index (κ2) is 9.46. The summed E-state index contributed by atoms with van der Waals surface area (Å²) >= 11 is 1.16. The van der Waals surface area contributed by atoms with Gasteiger partial charge in [0.2, 0.25) is 11.0 Å². The van der Waals surface area contributed by atoms with Crippen molar-refractivity contribution in [3.63, 3.8) is 0 Å². The highest BCUT2D eigenvalue weighted by atomic mass is 32.2. The Balaban J connectivity index is 1.82. The summed E-state index contributed by atoms with van der Waals surface area (Å²) in [5.74, 6) is 0.212. The highest BCUT2D eigenvalue weighted by molar-refractivity contribution is 7.98. The summed E-state index contributed by atoms with van der Waals surface area (Å²) in [5, 5.41) is 11.5. The van der Waals surface area contributed by atoms with E-state index in [9.17, 15) is 13.2 Å². The predicted molar refractivity (Wildman–Crippen MR) is 103 cm³/mol. The fourth-order valence-corrected chi connectivity index (χ4v) is 2.89. The van der Waals surface area contributed by atoms with Gasteiger partial charge in [-0.25, -0.2) is 13.2 Å². The fourth-order valence-electron chi connectivity index (χ4n) is 2.46. The van der Waals surface area contributed by atoms with E-state index >= 15 is 0 Å². The van der Waals surface area contributed by atoms with Gasteiger partial charge < -0.3 is 9.47 Å². The molecule has 0 fully saturated rings. The molecular formula is C19H17F3N4O2S. The van der Waals surface area contributed by atoms with Crippen LogP contribution in [0, 0.1) is 5.82 Å². The monoisotopic (exact) mass is 422 g/mol. The van der Waals surface area contributed by atoms with Crippen LogP contribution in [-0.2, 0) is 6.61 Å². The zero-order valence-electron chi connectivity index (χ0n) is 15.6. The lowest BCUT2D eigenvalue weighted by Crippen LogP contribution is -2.02. The number of hydrogen-bond donors (Lipinski definition) is 0. The molecule has 3 rings (SSSR count). The number of nitrogens with zero attached hydrogens (tertiary/aromatic N) is 4. The minimum Gasteiger partial charge on any atom is -0.496 e. The van der Waals surface area contributed by atoms with Crippen LogP contribution in [-0.4, -0.2) is 34.5 Å². The lowest BCUT2D eigenvalue weighted by atomic mass is 10.1. The molecule has 0 radical (unpaired) electrons. The van der Waals surface area contributed by atoms with Crippen molar-refractivity contribution in [3.05, 3.63) is 65.2 Å². The van der Waals surface area contributed by atoms with Crippen molar-refractivity contribution in [2.75, 3.05) is 13.4 Å². The topological polar surface area (TPSA) is 61.5 Å². The van der Waals surface area contributed by atoms with E-state index in [0.717, 1.165) is 16.4 Å². The Labute approximate surface area is 169 Å². The molecule has 0 aliphatic carbocycles. The van der Waals surface area contributed by atoms with Crippen LogP contribution in [0.5, 0.6) is 11.5 Å². The predicted octanol–water partition coefficient (Wildman–Crippen LogP) is 4.55. The summed E-state index contributed by atoms with van der Waals surface area (Å²) in [6, 6.07) is 10.9. The molecule has 0 unspecified atom stereocenters. The van der Waals surface area contributed by atoms with Crippen molar-refractivity contribution in [2.24, 2.45) is 5.10 Å². The highest BCUT2D eigenvalue weighted by Gasteiger charge is 2.19. The first-order valence-corrected chi connectivity index (χ1v) is 9.61. The van der Waals surface area contributed by atoms with Gasteiger partial charge in [-0.05, 0) is 54.3 Å². The molecule has 3 aromatic rings. The van der Waals surface area contributed by atoms with Crippen molar-refractivity contribution in [1.29, 1.82) is 0 Å². The average Bonchev–Trinajstić information content (AvgIpc) is 3.15. The largest absolute Gasteiger partial charge is 0.496 e. The molecule has 2 aromatic carbocycles. The van der Waals surface area contributed by atoms with Crippen LogP contribution in [0.1, 0.15) is 23.4 Å². The van der Waals surface area contributed by atoms with Crippen molar-refractivity contribution in [1.82, 2.24) is 14.9 Å². The van der Waals surface area contributed by atoms with Gasteiger partial charge in [0, 0.05) is 5.56 Å². The van der Waals surface area contributed by atoms with Gasteiger partial charge >= 0.3 is 0 Å². The molecule has 0 atom stereocenters. The van der Waals surface area contributed by atoms with E-state index in [4.69, 9.17) is 9.47 Å². The van der Waals surface area contributed by atoms with Crippen molar-refractivity contribution >= 4 is 18.0 Å². The Kier molecular flexibility index (Phi) is 6.76. The number of halogens is 3. The van der Waals surface area contributed by atoms with Crippen LogP contribution >= 0.6 is 11.8 Å². The van der Waals surface area contributed by atoms with E-state index < -0.39 is 12.2 Å². The molecule has 6 nitrogen and oxygen atoms in total. The molecule has 0 spiro atoms. The van der Waals surface area contributed by atoms with E-state index in [1.54, 1.807) is 24.5 Å². The Morgan fingerprint density at radius 2 is 1.93 bits per heavy atom. The summed E-state index contributed by atoms with van der Waals surface area (Å²) < 4.78 is 51.2. The maximum Gasteiger partial charge on any atom is 0.299 e. The number of alkyl halides is 2. The van der Waals surface area contributed by atoms with E-state index in [-0.39, 0.29) is 17.6 Å². The summed E-state index contributed by atoms with van der Waals surface area (Å²) in [7, 11) is 1.53. The molecule has 0 aliphatic heterocycles. The number of aromatic nitrogens is 3. The minimum absolute atomic E-state index is 0.168. The van der Waals surface area contributed by atoms with Crippen LogP contribution < -0.4 is 9.47 Å². The number of methoxy groups -OCH3 is 1. The van der Waals surface area contributed by atoms with E-state index in [2.05, 4.69) is 15.3 Å². The molecule has 0 saturated carbocycles. The van der Waals surface area contributed by atoms with Gasteiger partial charge in [0.15, 0.2) is 0 Å². The maximum atomic E-state index is 13.1. The van der Waals surface area contributed by atoms with Crippen LogP contribution in [0.4, 0.5) is 13.2 Å². The lowest BCUT2D eigenvalue weighted by molar-refractivity contribution is 0.135. The SMILES string of the molecule is COc1ccc(/C=N/n2c(SC)nnc2C(F)F)cc1COc1ccc(F)cc1. The minimum atomic E-state index is -2.80. The third-order valence-corrected chi connectivity index (χ3v) is 4.47. The smallest absolute Gasteiger partial charge is 0.299 e.